The molecule has 2 heterocycles. The number of hydrogen-bond acceptors (Lipinski definition) is 5. The zero-order valence-electron chi connectivity index (χ0n) is 18.3. The van der Waals surface area contributed by atoms with Gasteiger partial charge in [0.2, 0.25) is 0 Å². The van der Waals surface area contributed by atoms with Crippen molar-refractivity contribution < 1.29 is 19.7 Å². The largest absolute Gasteiger partial charge is 0.497 e. The predicted octanol–water partition coefficient (Wildman–Crippen LogP) is 3.96. The average molecular weight is 424 g/mol. The van der Waals surface area contributed by atoms with Crippen molar-refractivity contribution in [2.45, 2.75) is 62.8 Å². The lowest BCUT2D eigenvalue weighted by atomic mass is 9.81. The molecule has 2 aliphatic heterocycles. The van der Waals surface area contributed by atoms with Crippen LogP contribution in [0.2, 0.25) is 0 Å². The van der Waals surface area contributed by atoms with Crippen molar-refractivity contribution in [3.63, 3.8) is 0 Å². The number of rotatable bonds is 4. The number of ether oxygens (including phenoxy) is 2. The van der Waals surface area contributed by atoms with E-state index < -0.39 is 12.2 Å². The van der Waals surface area contributed by atoms with Gasteiger partial charge in [-0.25, -0.2) is 0 Å². The van der Waals surface area contributed by atoms with Crippen molar-refractivity contribution in [3.8, 4) is 11.5 Å². The number of fused-ring (bicyclic) bond motifs is 2. The van der Waals surface area contributed by atoms with Crippen LogP contribution in [0.4, 0.5) is 0 Å². The standard InChI is InChI=1S/C26H33NO4/c1-30-21-8-9-25-22(15-21)23(28)16-26(31-25)10-12-27(13-11-26)17-24(29)20-7-6-18-4-2-3-5-19(18)14-20/h6-9,14-15,23-24,28-29H,2-5,10-13,16-17H2,1H3/t23-,24+/m0/s1. The third-order valence-corrected chi connectivity index (χ3v) is 7.42. The van der Waals surface area contributed by atoms with Crippen LogP contribution in [-0.4, -0.2) is 47.5 Å². The minimum absolute atomic E-state index is 0.325. The summed E-state index contributed by atoms with van der Waals surface area (Å²) >= 11 is 0. The van der Waals surface area contributed by atoms with Gasteiger partial charge in [0.15, 0.2) is 0 Å². The van der Waals surface area contributed by atoms with Crippen molar-refractivity contribution in [3.05, 3.63) is 58.7 Å². The summed E-state index contributed by atoms with van der Waals surface area (Å²) in [5.74, 6) is 1.51. The molecule has 2 N–H and O–H groups in total. The highest BCUT2D eigenvalue weighted by Crippen LogP contribution is 2.45. The molecule has 1 spiro atoms. The van der Waals surface area contributed by atoms with Gasteiger partial charge in [0.25, 0.3) is 0 Å². The highest BCUT2D eigenvalue weighted by Gasteiger charge is 2.43. The minimum Gasteiger partial charge on any atom is -0.497 e. The quantitative estimate of drug-likeness (QED) is 0.780. The van der Waals surface area contributed by atoms with E-state index in [0.29, 0.717) is 13.0 Å². The Kier molecular flexibility index (Phi) is 5.67. The van der Waals surface area contributed by atoms with Gasteiger partial charge < -0.3 is 24.6 Å². The van der Waals surface area contributed by atoms with Crippen LogP contribution in [0, 0.1) is 0 Å². The Morgan fingerprint density at radius 1 is 1.10 bits per heavy atom. The normalized spacial score (nSPS) is 23.5. The zero-order chi connectivity index (χ0) is 21.4. The summed E-state index contributed by atoms with van der Waals surface area (Å²) in [6.45, 7) is 2.37. The summed E-state index contributed by atoms with van der Waals surface area (Å²) in [6.07, 6.45) is 6.14. The number of aliphatic hydroxyl groups is 2. The Balaban J connectivity index is 1.21. The molecular weight excluding hydrogens is 390 g/mol. The Bertz CT molecular complexity index is 935. The second-order valence-corrected chi connectivity index (χ2v) is 9.46. The Morgan fingerprint density at radius 3 is 2.65 bits per heavy atom. The first-order valence-corrected chi connectivity index (χ1v) is 11.6. The van der Waals surface area contributed by atoms with E-state index in [-0.39, 0.29) is 5.60 Å². The van der Waals surface area contributed by atoms with Crippen LogP contribution in [0.15, 0.2) is 36.4 Å². The van der Waals surface area contributed by atoms with Gasteiger partial charge in [0.05, 0.1) is 19.3 Å². The molecule has 0 saturated carbocycles. The van der Waals surface area contributed by atoms with Crippen molar-refractivity contribution in [2.75, 3.05) is 26.7 Å². The maximum atomic E-state index is 10.9. The van der Waals surface area contributed by atoms with Gasteiger partial charge in [0.1, 0.15) is 17.1 Å². The summed E-state index contributed by atoms with van der Waals surface area (Å²) in [7, 11) is 1.63. The maximum Gasteiger partial charge on any atom is 0.126 e. The third kappa shape index (κ3) is 4.19. The third-order valence-electron chi connectivity index (χ3n) is 7.42. The molecule has 31 heavy (non-hydrogen) atoms. The van der Waals surface area contributed by atoms with E-state index in [0.717, 1.165) is 55.0 Å². The summed E-state index contributed by atoms with van der Waals surface area (Å²) in [4.78, 5) is 2.33. The molecule has 0 radical (unpaired) electrons. The number of piperidine rings is 1. The SMILES string of the molecule is COc1ccc2c(c1)[C@@H](O)CC1(CCN(C[C@@H](O)c3ccc4c(c3)CCCC4)CC1)O2. The molecule has 5 rings (SSSR count). The molecule has 1 saturated heterocycles. The van der Waals surface area contributed by atoms with Crippen molar-refractivity contribution in [2.24, 2.45) is 0 Å². The number of likely N-dealkylation sites (tertiary alicyclic amines) is 1. The van der Waals surface area contributed by atoms with Gasteiger partial charge in [-0.2, -0.15) is 0 Å². The fourth-order valence-corrected chi connectivity index (χ4v) is 5.50. The van der Waals surface area contributed by atoms with Crippen LogP contribution >= 0.6 is 0 Å². The van der Waals surface area contributed by atoms with Gasteiger partial charge >= 0.3 is 0 Å². The topological polar surface area (TPSA) is 62.2 Å². The molecular formula is C26H33NO4. The lowest BCUT2D eigenvalue weighted by molar-refractivity contribution is -0.0588. The molecule has 1 aliphatic carbocycles. The number of aliphatic hydroxyl groups excluding tert-OH is 2. The second-order valence-electron chi connectivity index (χ2n) is 9.46. The minimum atomic E-state index is -0.536. The number of hydrogen-bond donors (Lipinski definition) is 2. The zero-order valence-corrected chi connectivity index (χ0v) is 18.3. The summed E-state index contributed by atoms with van der Waals surface area (Å²) in [5, 5.41) is 21.6. The molecule has 2 atom stereocenters. The number of benzene rings is 2. The monoisotopic (exact) mass is 423 g/mol. The molecule has 0 amide bonds. The van der Waals surface area contributed by atoms with Gasteiger partial charge in [-0.3, -0.25) is 0 Å². The highest BCUT2D eigenvalue weighted by molar-refractivity contribution is 5.44. The molecule has 2 aromatic carbocycles. The fraction of sp³-hybridized carbons (Fsp3) is 0.538. The van der Waals surface area contributed by atoms with Crippen LogP contribution in [0.1, 0.15) is 66.6 Å². The molecule has 1 fully saturated rings. The van der Waals surface area contributed by atoms with Crippen molar-refractivity contribution >= 4 is 0 Å². The maximum absolute atomic E-state index is 10.9. The summed E-state index contributed by atoms with van der Waals surface area (Å²) in [6, 6.07) is 12.2. The van der Waals surface area contributed by atoms with E-state index in [2.05, 4.69) is 23.1 Å². The summed E-state index contributed by atoms with van der Waals surface area (Å²) in [5.41, 5.74) is 4.39. The molecule has 0 bridgehead atoms. The molecule has 5 heteroatoms. The van der Waals surface area contributed by atoms with Crippen LogP contribution in [0.3, 0.4) is 0 Å². The van der Waals surface area contributed by atoms with Gasteiger partial charge in [-0.1, -0.05) is 18.2 Å². The van der Waals surface area contributed by atoms with Gasteiger partial charge in [-0.15, -0.1) is 0 Å². The van der Waals surface area contributed by atoms with E-state index >= 15 is 0 Å². The Hall–Kier alpha value is -2.08. The fourth-order valence-electron chi connectivity index (χ4n) is 5.50. The van der Waals surface area contributed by atoms with E-state index in [1.165, 1.54) is 30.4 Å². The molecule has 0 aromatic heterocycles. The average Bonchev–Trinajstić information content (AvgIpc) is 2.80. The van der Waals surface area contributed by atoms with Crippen LogP contribution < -0.4 is 9.47 Å². The first-order valence-electron chi connectivity index (χ1n) is 11.6. The van der Waals surface area contributed by atoms with Crippen molar-refractivity contribution in [1.82, 2.24) is 4.90 Å². The molecule has 5 nitrogen and oxygen atoms in total. The predicted molar refractivity (Wildman–Crippen MR) is 120 cm³/mol. The van der Waals surface area contributed by atoms with Gasteiger partial charge in [0, 0.05) is 31.6 Å². The number of methoxy groups -OCH3 is 1. The van der Waals surface area contributed by atoms with Gasteiger partial charge in [-0.05, 0) is 73.4 Å². The highest BCUT2D eigenvalue weighted by atomic mass is 16.5. The first-order chi connectivity index (χ1) is 15.0. The first kappa shape index (κ1) is 20.8. The van der Waals surface area contributed by atoms with E-state index in [1.807, 2.05) is 18.2 Å². The molecule has 0 unspecified atom stereocenters. The second kappa shape index (κ2) is 8.45. The lowest BCUT2D eigenvalue weighted by Gasteiger charge is -2.46. The van der Waals surface area contributed by atoms with E-state index in [1.54, 1.807) is 7.11 Å². The van der Waals surface area contributed by atoms with E-state index in [9.17, 15) is 10.2 Å². The van der Waals surface area contributed by atoms with Crippen LogP contribution in [-0.2, 0) is 12.8 Å². The molecule has 166 valence electrons. The Morgan fingerprint density at radius 2 is 1.87 bits per heavy atom. The smallest absolute Gasteiger partial charge is 0.126 e. The summed E-state index contributed by atoms with van der Waals surface area (Å²) < 4.78 is 11.7. The Labute approximate surface area is 184 Å². The molecule has 2 aromatic rings. The van der Waals surface area contributed by atoms with Crippen LogP contribution in [0.5, 0.6) is 11.5 Å². The number of aryl methyl sites for hydroxylation is 2. The lowest BCUT2D eigenvalue weighted by Crippen LogP contribution is -2.51. The number of β-amino-alcohol motifs (C(OH)–C–C–N with tert-alkyl or cyclic N) is 1. The van der Waals surface area contributed by atoms with Crippen LogP contribution in [0.25, 0.3) is 0 Å². The molecule has 3 aliphatic rings. The number of nitrogens with zero attached hydrogens (tertiary/aromatic N) is 1. The van der Waals surface area contributed by atoms with E-state index in [4.69, 9.17) is 9.47 Å². The van der Waals surface area contributed by atoms with Crippen molar-refractivity contribution in [1.29, 1.82) is 0 Å².